The maximum atomic E-state index is 13.5. The maximum absolute atomic E-state index is 13.5. The molecule has 10 heteroatoms. The van der Waals surface area contributed by atoms with E-state index in [0.717, 1.165) is 16.1 Å². The summed E-state index contributed by atoms with van der Waals surface area (Å²) in [7, 11) is -2.23. The molecule has 2 rings (SSSR count). The van der Waals surface area contributed by atoms with E-state index in [1.165, 1.54) is 17.0 Å². The number of rotatable bonds is 11. The van der Waals surface area contributed by atoms with Crippen molar-refractivity contribution in [2.24, 2.45) is 0 Å². The summed E-state index contributed by atoms with van der Waals surface area (Å²) < 4.78 is 31.3. The summed E-state index contributed by atoms with van der Waals surface area (Å²) in [6, 6.07) is 12.4. The van der Waals surface area contributed by atoms with E-state index in [-0.39, 0.29) is 18.5 Å². The highest BCUT2D eigenvalue weighted by molar-refractivity contribution is 7.92. The van der Waals surface area contributed by atoms with Crippen LogP contribution in [-0.2, 0) is 26.2 Å². The minimum Gasteiger partial charge on any atom is -0.497 e. The van der Waals surface area contributed by atoms with Crippen LogP contribution in [0, 0.1) is 0 Å². The van der Waals surface area contributed by atoms with Gasteiger partial charge in [0, 0.05) is 17.6 Å². The Morgan fingerprint density at radius 2 is 1.65 bits per heavy atom. The SMILES string of the molecule is CC[C@@H](C(=O)NC(C)C)N(Cc1ccc(OC)cc1)C(=O)CN(c1ccc(Cl)cc1)S(C)(=O)=O. The highest BCUT2D eigenvalue weighted by Gasteiger charge is 2.31. The fourth-order valence-electron chi connectivity index (χ4n) is 3.45. The number of halogens is 1. The van der Waals surface area contributed by atoms with Crippen LogP contribution in [0.5, 0.6) is 5.75 Å². The molecule has 1 N–H and O–H groups in total. The molecule has 0 saturated carbocycles. The second kappa shape index (κ2) is 12.1. The number of hydrogen-bond acceptors (Lipinski definition) is 5. The first-order valence-electron chi connectivity index (χ1n) is 10.9. The molecule has 0 bridgehead atoms. The summed E-state index contributed by atoms with van der Waals surface area (Å²) >= 11 is 5.94. The number of benzene rings is 2. The number of carbonyl (C=O) groups excluding carboxylic acids is 2. The Morgan fingerprint density at radius 1 is 1.06 bits per heavy atom. The van der Waals surface area contributed by atoms with Crippen molar-refractivity contribution in [3.63, 3.8) is 0 Å². The van der Waals surface area contributed by atoms with Crippen molar-refractivity contribution in [2.45, 2.75) is 45.8 Å². The lowest BCUT2D eigenvalue weighted by atomic mass is 10.1. The Morgan fingerprint density at radius 3 is 2.12 bits per heavy atom. The predicted molar refractivity (Wildman–Crippen MR) is 135 cm³/mol. The number of sulfonamides is 1. The van der Waals surface area contributed by atoms with E-state index in [1.807, 2.05) is 20.8 Å². The van der Waals surface area contributed by atoms with Crippen molar-refractivity contribution in [1.29, 1.82) is 0 Å². The zero-order valence-electron chi connectivity index (χ0n) is 20.1. The molecule has 2 aromatic rings. The molecule has 0 saturated heterocycles. The number of methoxy groups -OCH3 is 1. The van der Waals surface area contributed by atoms with E-state index in [4.69, 9.17) is 16.3 Å². The Bertz CT molecular complexity index is 1070. The van der Waals surface area contributed by atoms with Crippen LogP contribution >= 0.6 is 11.6 Å². The summed E-state index contributed by atoms with van der Waals surface area (Å²) in [5.41, 5.74) is 1.09. The molecule has 0 unspecified atom stereocenters. The average Bonchev–Trinajstić information content (AvgIpc) is 2.77. The number of hydrogen-bond donors (Lipinski definition) is 1. The van der Waals surface area contributed by atoms with Crippen LogP contribution in [0.1, 0.15) is 32.8 Å². The molecule has 1 atom stereocenters. The van der Waals surface area contributed by atoms with Gasteiger partial charge in [0.1, 0.15) is 18.3 Å². The first-order valence-corrected chi connectivity index (χ1v) is 13.1. The number of anilines is 1. The summed E-state index contributed by atoms with van der Waals surface area (Å²) in [4.78, 5) is 27.9. The largest absolute Gasteiger partial charge is 0.497 e. The Kier molecular flexibility index (Phi) is 9.76. The number of ether oxygens (including phenoxy) is 1. The van der Waals surface area contributed by atoms with Crippen molar-refractivity contribution >= 4 is 39.1 Å². The van der Waals surface area contributed by atoms with Crippen molar-refractivity contribution in [1.82, 2.24) is 10.2 Å². The van der Waals surface area contributed by atoms with Gasteiger partial charge in [0.2, 0.25) is 21.8 Å². The first kappa shape index (κ1) is 27.5. The van der Waals surface area contributed by atoms with Gasteiger partial charge >= 0.3 is 0 Å². The van der Waals surface area contributed by atoms with E-state index < -0.39 is 28.5 Å². The number of carbonyl (C=O) groups is 2. The van der Waals surface area contributed by atoms with Crippen LogP contribution in [0.4, 0.5) is 5.69 Å². The Balaban J connectivity index is 2.42. The minimum absolute atomic E-state index is 0.110. The highest BCUT2D eigenvalue weighted by Crippen LogP contribution is 2.22. The monoisotopic (exact) mass is 509 g/mol. The van der Waals surface area contributed by atoms with Gasteiger partial charge in [0.15, 0.2) is 0 Å². The molecule has 2 aromatic carbocycles. The predicted octanol–water partition coefficient (Wildman–Crippen LogP) is 3.45. The molecule has 0 aromatic heterocycles. The Hall–Kier alpha value is -2.78. The molecule has 0 aliphatic carbocycles. The minimum atomic E-state index is -3.79. The van der Waals surface area contributed by atoms with Crippen LogP contribution in [0.15, 0.2) is 48.5 Å². The molecule has 34 heavy (non-hydrogen) atoms. The van der Waals surface area contributed by atoms with Gasteiger partial charge in [-0.15, -0.1) is 0 Å². The van der Waals surface area contributed by atoms with Crippen molar-refractivity contribution in [3.8, 4) is 5.75 Å². The van der Waals surface area contributed by atoms with E-state index in [9.17, 15) is 18.0 Å². The van der Waals surface area contributed by atoms with Crippen molar-refractivity contribution in [3.05, 3.63) is 59.1 Å². The van der Waals surface area contributed by atoms with E-state index in [2.05, 4.69) is 5.32 Å². The van der Waals surface area contributed by atoms with Gasteiger partial charge in [-0.25, -0.2) is 8.42 Å². The molecule has 0 aliphatic heterocycles. The highest BCUT2D eigenvalue weighted by atomic mass is 35.5. The second-order valence-corrected chi connectivity index (χ2v) is 10.5. The van der Waals surface area contributed by atoms with Crippen molar-refractivity contribution in [2.75, 3.05) is 24.2 Å². The lowest BCUT2D eigenvalue weighted by Gasteiger charge is -2.33. The van der Waals surface area contributed by atoms with Gasteiger partial charge in [0.05, 0.1) is 19.1 Å². The summed E-state index contributed by atoms with van der Waals surface area (Å²) in [5, 5.41) is 3.30. The van der Waals surface area contributed by atoms with Gasteiger partial charge in [-0.1, -0.05) is 30.7 Å². The molecule has 8 nitrogen and oxygen atoms in total. The second-order valence-electron chi connectivity index (χ2n) is 8.20. The summed E-state index contributed by atoms with van der Waals surface area (Å²) in [6.07, 6.45) is 1.39. The Labute approximate surface area is 206 Å². The molecular weight excluding hydrogens is 478 g/mol. The zero-order chi connectivity index (χ0) is 25.5. The van der Waals surface area contributed by atoms with Gasteiger partial charge in [-0.3, -0.25) is 13.9 Å². The zero-order valence-corrected chi connectivity index (χ0v) is 21.7. The van der Waals surface area contributed by atoms with E-state index in [0.29, 0.717) is 22.9 Å². The first-order chi connectivity index (χ1) is 16.0. The van der Waals surface area contributed by atoms with Crippen LogP contribution in [0.3, 0.4) is 0 Å². The lowest BCUT2D eigenvalue weighted by molar-refractivity contribution is -0.140. The molecule has 0 spiro atoms. The summed E-state index contributed by atoms with van der Waals surface area (Å²) in [6.45, 7) is 5.16. The molecule has 186 valence electrons. The fourth-order valence-corrected chi connectivity index (χ4v) is 4.42. The van der Waals surface area contributed by atoms with Gasteiger partial charge in [-0.05, 0) is 62.2 Å². The topological polar surface area (TPSA) is 96.0 Å². The van der Waals surface area contributed by atoms with Gasteiger partial charge in [-0.2, -0.15) is 0 Å². The molecule has 0 fully saturated rings. The summed E-state index contributed by atoms with van der Waals surface area (Å²) in [5.74, 6) is -0.129. The number of nitrogens with one attached hydrogen (secondary N) is 1. The van der Waals surface area contributed by atoms with Crippen molar-refractivity contribution < 1.29 is 22.7 Å². The van der Waals surface area contributed by atoms with Crippen LogP contribution in [0.25, 0.3) is 0 Å². The number of amides is 2. The molecule has 2 amide bonds. The van der Waals surface area contributed by atoms with Crippen LogP contribution in [-0.4, -0.2) is 57.1 Å². The molecule has 0 aliphatic rings. The third-order valence-corrected chi connectivity index (χ3v) is 6.52. The standard InChI is InChI=1S/C24H32ClN3O5S/c1-6-22(24(30)26-17(2)3)27(15-18-7-13-21(33-4)14-8-18)23(29)16-28(34(5,31)32)20-11-9-19(25)10-12-20/h7-14,17,22H,6,15-16H2,1-5H3,(H,26,30)/t22-/m0/s1. The lowest BCUT2D eigenvalue weighted by Crippen LogP contribution is -2.53. The third kappa shape index (κ3) is 7.63. The van der Waals surface area contributed by atoms with Crippen LogP contribution in [0.2, 0.25) is 5.02 Å². The normalized spacial score (nSPS) is 12.2. The molecule has 0 radical (unpaired) electrons. The average molecular weight is 510 g/mol. The van der Waals surface area contributed by atoms with Gasteiger partial charge < -0.3 is 15.0 Å². The third-order valence-electron chi connectivity index (χ3n) is 5.12. The molecular formula is C24H32ClN3O5S. The van der Waals surface area contributed by atoms with Crippen LogP contribution < -0.4 is 14.4 Å². The van der Waals surface area contributed by atoms with E-state index >= 15 is 0 Å². The van der Waals surface area contributed by atoms with E-state index in [1.54, 1.807) is 43.5 Å². The molecule has 0 heterocycles. The maximum Gasteiger partial charge on any atom is 0.244 e. The van der Waals surface area contributed by atoms with Gasteiger partial charge in [0.25, 0.3) is 0 Å². The quantitative estimate of drug-likeness (QED) is 0.500. The number of nitrogens with zero attached hydrogens (tertiary/aromatic N) is 2. The fraction of sp³-hybridized carbons (Fsp3) is 0.417. The smallest absolute Gasteiger partial charge is 0.244 e.